The van der Waals surface area contributed by atoms with Gasteiger partial charge in [0.1, 0.15) is 0 Å². The predicted molar refractivity (Wildman–Crippen MR) is 114 cm³/mol. The smallest absolute Gasteiger partial charge is 0.0607 e. The van der Waals surface area contributed by atoms with Gasteiger partial charge in [0.05, 0.1) is 5.25 Å². The number of hydrogen-bond acceptors (Lipinski definition) is 3. The van der Waals surface area contributed by atoms with Crippen LogP contribution < -0.4 is 0 Å². The number of nitrogens with zero attached hydrogens (tertiary/aromatic N) is 1. The van der Waals surface area contributed by atoms with Gasteiger partial charge in [0.2, 0.25) is 0 Å². The first kappa shape index (κ1) is 17.7. The minimum atomic E-state index is 0.334. The van der Waals surface area contributed by atoms with Crippen molar-refractivity contribution in [3.05, 3.63) is 95.1 Å². The van der Waals surface area contributed by atoms with E-state index in [0.29, 0.717) is 5.25 Å². The lowest BCUT2D eigenvalue weighted by Crippen LogP contribution is -2.11. The molecule has 0 unspecified atom stereocenters. The normalized spacial score (nSPS) is 16.0. The van der Waals surface area contributed by atoms with Crippen molar-refractivity contribution in [2.75, 3.05) is 14.1 Å². The van der Waals surface area contributed by atoms with Crippen LogP contribution in [0, 0.1) is 0 Å². The highest BCUT2D eigenvalue weighted by molar-refractivity contribution is 8.00. The zero-order valence-corrected chi connectivity index (χ0v) is 16.8. The van der Waals surface area contributed by atoms with Gasteiger partial charge < -0.3 is 4.90 Å². The Morgan fingerprint density at radius 2 is 1.58 bits per heavy atom. The van der Waals surface area contributed by atoms with Gasteiger partial charge >= 0.3 is 0 Å². The number of hydrogen-bond donors (Lipinski definition) is 0. The van der Waals surface area contributed by atoms with E-state index in [2.05, 4.69) is 91.8 Å². The van der Waals surface area contributed by atoms with Crippen molar-refractivity contribution in [3.8, 4) is 0 Å². The Morgan fingerprint density at radius 1 is 0.885 bits per heavy atom. The standard InChI is InChI=1S/C23H23NS2/c1-24(2)15-17-9-4-7-13-21(17)26-23-19-11-5-3-10-18(19)16-25-22-14-8-6-12-20(22)23/h3-14,23H,15-16H2,1-2H3/t23-/m1/s1. The number of rotatable bonds is 4. The summed E-state index contributed by atoms with van der Waals surface area (Å²) < 4.78 is 0. The second kappa shape index (κ2) is 7.91. The summed E-state index contributed by atoms with van der Waals surface area (Å²) in [6.45, 7) is 0.966. The molecule has 26 heavy (non-hydrogen) atoms. The van der Waals surface area contributed by atoms with Crippen molar-refractivity contribution >= 4 is 23.5 Å². The molecule has 1 nitrogen and oxygen atoms in total. The summed E-state index contributed by atoms with van der Waals surface area (Å²) in [4.78, 5) is 5.03. The van der Waals surface area contributed by atoms with Crippen molar-refractivity contribution < 1.29 is 0 Å². The van der Waals surface area contributed by atoms with Crippen LogP contribution in [-0.4, -0.2) is 19.0 Å². The van der Waals surface area contributed by atoms with Crippen molar-refractivity contribution in [2.24, 2.45) is 0 Å². The van der Waals surface area contributed by atoms with Gasteiger partial charge in [-0.05, 0) is 48.5 Å². The summed E-state index contributed by atoms with van der Waals surface area (Å²) in [5.74, 6) is 1.05. The van der Waals surface area contributed by atoms with Crippen molar-refractivity contribution in [2.45, 2.75) is 27.3 Å². The first-order chi connectivity index (χ1) is 12.7. The molecule has 3 heteroatoms. The van der Waals surface area contributed by atoms with Gasteiger partial charge in [-0.3, -0.25) is 0 Å². The van der Waals surface area contributed by atoms with E-state index in [4.69, 9.17) is 0 Å². The van der Waals surface area contributed by atoms with E-state index in [1.807, 2.05) is 23.5 Å². The first-order valence-electron chi connectivity index (χ1n) is 8.91. The van der Waals surface area contributed by atoms with Crippen LogP contribution in [0.25, 0.3) is 0 Å². The highest BCUT2D eigenvalue weighted by Crippen LogP contribution is 2.48. The quantitative estimate of drug-likeness (QED) is 0.530. The summed E-state index contributed by atoms with van der Waals surface area (Å²) in [5, 5.41) is 0.334. The molecule has 0 bridgehead atoms. The summed E-state index contributed by atoms with van der Waals surface area (Å²) in [5.41, 5.74) is 5.74. The molecule has 0 fully saturated rings. The fourth-order valence-corrected chi connectivity index (χ4v) is 5.98. The summed E-state index contributed by atoms with van der Waals surface area (Å²) in [6.07, 6.45) is 0. The first-order valence-corrected chi connectivity index (χ1v) is 10.8. The van der Waals surface area contributed by atoms with E-state index in [0.717, 1.165) is 12.3 Å². The largest absolute Gasteiger partial charge is 0.305 e. The van der Waals surface area contributed by atoms with Crippen LogP contribution in [0.3, 0.4) is 0 Å². The van der Waals surface area contributed by atoms with Gasteiger partial charge in [-0.15, -0.1) is 23.5 Å². The molecular formula is C23H23NS2. The molecule has 3 aromatic rings. The van der Waals surface area contributed by atoms with Gasteiger partial charge in [-0.2, -0.15) is 0 Å². The minimum Gasteiger partial charge on any atom is -0.305 e. The van der Waals surface area contributed by atoms with E-state index in [1.54, 1.807) is 0 Å². The third-order valence-corrected chi connectivity index (χ3v) is 7.16. The average molecular weight is 378 g/mol. The Labute approximate surface area is 164 Å². The Bertz CT molecular complexity index is 856. The molecule has 3 aromatic carbocycles. The van der Waals surface area contributed by atoms with E-state index in [-0.39, 0.29) is 0 Å². The third kappa shape index (κ3) is 3.71. The molecule has 1 aliphatic rings. The Kier molecular flexibility index (Phi) is 5.39. The molecule has 132 valence electrons. The van der Waals surface area contributed by atoms with E-state index < -0.39 is 0 Å². The second-order valence-electron chi connectivity index (χ2n) is 6.87. The molecule has 1 aliphatic heterocycles. The van der Waals surface area contributed by atoms with E-state index in [9.17, 15) is 0 Å². The van der Waals surface area contributed by atoms with Crippen LogP contribution in [0.5, 0.6) is 0 Å². The maximum atomic E-state index is 2.31. The van der Waals surface area contributed by atoms with Crippen molar-refractivity contribution in [1.82, 2.24) is 4.90 Å². The Morgan fingerprint density at radius 3 is 2.42 bits per heavy atom. The third-order valence-electron chi connectivity index (χ3n) is 4.63. The minimum absolute atomic E-state index is 0.334. The molecule has 0 spiro atoms. The monoisotopic (exact) mass is 377 g/mol. The lowest BCUT2D eigenvalue weighted by atomic mass is 10.0. The highest BCUT2D eigenvalue weighted by atomic mass is 32.2. The van der Waals surface area contributed by atoms with Gasteiger partial charge in [-0.1, -0.05) is 60.7 Å². The van der Waals surface area contributed by atoms with Crippen molar-refractivity contribution in [3.63, 3.8) is 0 Å². The molecule has 4 rings (SSSR count). The van der Waals surface area contributed by atoms with Gasteiger partial charge in [-0.25, -0.2) is 0 Å². The average Bonchev–Trinajstić information content (AvgIpc) is 2.81. The van der Waals surface area contributed by atoms with E-state index >= 15 is 0 Å². The molecular weight excluding hydrogens is 354 g/mol. The van der Waals surface area contributed by atoms with Gasteiger partial charge in [0.25, 0.3) is 0 Å². The lowest BCUT2D eigenvalue weighted by Gasteiger charge is -2.22. The molecule has 0 saturated carbocycles. The highest BCUT2D eigenvalue weighted by Gasteiger charge is 2.25. The van der Waals surface area contributed by atoms with Crippen LogP contribution in [0.15, 0.2) is 82.6 Å². The van der Waals surface area contributed by atoms with Crippen LogP contribution >= 0.6 is 23.5 Å². The topological polar surface area (TPSA) is 3.24 Å². The van der Waals surface area contributed by atoms with Gasteiger partial charge in [0.15, 0.2) is 0 Å². The molecule has 0 N–H and O–H groups in total. The number of thioether (sulfide) groups is 2. The van der Waals surface area contributed by atoms with E-state index in [1.165, 1.54) is 32.0 Å². The Hall–Kier alpha value is -1.68. The number of fused-ring (bicyclic) bond motifs is 2. The molecule has 0 amide bonds. The molecule has 1 atom stereocenters. The zero-order chi connectivity index (χ0) is 17.9. The second-order valence-corrected chi connectivity index (χ2v) is 9.03. The molecule has 1 heterocycles. The van der Waals surface area contributed by atoms with Crippen LogP contribution in [0.1, 0.15) is 27.5 Å². The SMILES string of the molecule is CN(C)Cc1ccccc1S[C@@H]1c2ccccc2CSc2ccccc21. The molecule has 0 saturated heterocycles. The Balaban J connectivity index is 1.79. The maximum Gasteiger partial charge on any atom is 0.0607 e. The summed E-state index contributed by atoms with van der Waals surface area (Å²) >= 11 is 3.95. The fourth-order valence-electron chi connectivity index (χ4n) is 3.42. The molecule has 0 aliphatic carbocycles. The maximum absolute atomic E-state index is 2.31. The van der Waals surface area contributed by atoms with Gasteiger partial charge in [0, 0.05) is 22.1 Å². The lowest BCUT2D eigenvalue weighted by molar-refractivity contribution is 0.399. The zero-order valence-electron chi connectivity index (χ0n) is 15.2. The fraction of sp³-hybridized carbons (Fsp3) is 0.217. The van der Waals surface area contributed by atoms with Crippen LogP contribution in [-0.2, 0) is 12.3 Å². The molecule has 0 radical (unpaired) electrons. The van der Waals surface area contributed by atoms with Crippen LogP contribution in [0.2, 0.25) is 0 Å². The van der Waals surface area contributed by atoms with Crippen molar-refractivity contribution in [1.29, 1.82) is 0 Å². The summed E-state index contributed by atoms with van der Waals surface area (Å²) in [7, 11) is 4.27. The summed E-state index contributed by atoms with van der Waals surface area (Å²) in [6, 6.07) is 26.7. The predicted octanol–water partition coefficient (Wildman–Crippen LogP) is 6.24. The van der Waals surface area contributed by atoms with Crippen LogP contribution in [0.4, 0.5) is 0 Å². The number of benzene rings is 3. The molecule has 0 aromatic heterocycles.